The molecule has 0 amide bonds. The molecule has 1 N–H and O–H groups in total. The second-order valence-corrected chi connectivity index (χ2v) is 6.54. The summed E-state index contributed by atoms with van der Waals surface area (Å²) in [5.74, 6) is -0.672. The molecule has 0 saturated carbocycles. The van der Waals surface area contributed by atoms with Gasteiger partial charge in [-0.15, -0.1) is 0 Å². The van der Waals surface area contributed by atoms with Gasteiger partial charge < -0.3 is 5.11 Å². The topological polar surface area (TPSA) is 94.3 Å². The second-order valence-electron chi connectivity index (χ2n) is 4.94. The molecule has 0 saturated heterocycles. The van der Waals surface area contributed by atoms with Crippen LogP contribution in [-0.2, 0) is 26.4 Å². The Morgan fingerprint density at radius 2 is 2.14 bits per heavy atom. The third-order valence-electron chi connectivity index (χ3n) is 3.20. The highest BCUT2D eigenvalue weighted by molar-refractivity contribution is 7.86. The third kappa shape index (κ3) is 3.67. The van der Waals surface area contributed by atoms with Crippen molar-refractivity contribution in [1.82, 2.24) is 14.8 Å². The Kier molecular flexibility index (Phi) is 4.59. The lowest BCUT2D eigenvalue weighted by Crippen LogP contribution is -2.44. The van der Waals surface area contributed by atoms with E-state index in [0.717, 1.165) is 6.26 Å². The number of aliphatic hydroxyl groups is 1. The molecule has 22 heavy (non-hydrogen) atoms. The average Bonchev–Trinajstić information content (AvgIpc) is 2.89. The van der Waals surface area contributed by atoms with Crippen LogP contribution in [0.15, 0.2) is 36.9 Å². The summed E-state index contributed by atoms with van der Waals surface area (Å²) in [5, 5.41) is 14.8. The molecule has 2 aromatic rings. The predicted molar refractivity (Wildman–Crippen MR) is 75.7 cm³/mol. The SMILES string of the molecule is C[C@@H](OS(C)(=O)=O)[C@@](O)(Cn1cncn1)c1ccccc1F. The van der Waals surface area contributed by atoms with Crippen LogP contribution in [-0.4, -0.2) is 40.6 Å². The van der Waals surface area contributed by atoms with E-state index in [0.29, 0.717) is 0 Å². The van der Waals surface area contributed by atoms with E-state index in [2.05, 4.69) is 10.1 Å². The van der Waals surface area contributed by atoms with Crippen LogP contribution < -0.4 is 0 Å². The van der Waals surface area contributed by atoms with Gasteiger partial charge in [-0.3, -0.25) is 4.18 Å². The number of aromatic nitrogens is 3. The molecule has 0 spiro atoms. The number of hydrogen-bond donors (Lipinski definition) is 1. The molecule has 0 aliphatic carbocycles. The van der Waals surface area contributed by atoms with Crippen molar-refractivity contribution in [2.75, 3.05) is 6.26 Å². The van der Waals surface area contributed by atoms with E-state index < -0.39 is 27.6 Å². The molecular weight excluding hydrogens is 313 g/mol. The smallest absolute Gasteiger partial charge is 0.264 e. The molecule has 2 atom stereocenters. The summed E-state index contributed by atoms with van der Waals surface area (Å²) >= 11 is 0. The molecule has 120 valence electrons. The number of halogens is 1. The van der Waals surface area contributed by atoms with Crippen molar-refractivity contribution < 1.29 is 22.1 Å². The standard InChI is InChI=1S/C13H16FN3O4S/c1-10(21-22(2,19)20)13(18,7-17-9-15-8-16-17)11-5-3-4-6-12(11)14/h3-6,8-10,18H,7H2,1-2H3/t10-,13+/m1/s1. The maximum absolute atomic E-state index is 14.1. The van der Waals surface area contributed by atoms with Gasteiger partial charge in [0.2, 0.25) is 0 Å². The number of rotatable bonds is 6. The van der Waals surface area contributed by atoms with E-state index >= 15 is 0 Å². The van der Waals surface area contributed by atoms with Crippen LogP contribution in [0, 0.1) is 5.82 Å². The quantitative estimate of drug-likeness (QED) is 0.783. The van der Waals surface area contributed by atoms with Crippen molar-refractivity contribution in [2.24, 2.45) is 0 Å². The molecule has 0 bridgehead atoms. The average molecular weight is 329 g/mol. The van der Waals surface area contributed by atoms with Crippen molar-refractivity contribution in [1.29, 1.82) is 0 Å². The Bertz CT molecular complexity index is 736. The van der Waals surface area contributed by atoms with E-state index in [4.69, 9.17) is 4.18 Å². The van der Waals surface area contributed by atoms with E-state index in [-0.39, 0.29) is 12.1 Å². The summed E-state index contributed by atoms with van der Waals surface area (Å²) in [7, 11) is -3.83. The fourth-order valence-electron chi connectivity index (χ4n) is 2.15. The monoisotopic (exact) mass is 329 g/mol. The fraction of sp³-hybridized carbons (Fsp3) is 0.385. The number of hydrogen-bond acceptors (Lipinski definition) is 6. The van der Waals surface area contributed by atoms with Crippen molar-refractivity contribution in [3.63, 3.8) is 0 Å². The van der Waals surface area contributed by atoms with Crippen molar-refractivity contribution in [3.8, 4) is 0 Å². The van der Waals surface area contributed by atoms with Crippen molar-refractivity contribution in [3.05, 3.63) is 48.3 Å². The van der Waals surface area contributed by atoms with Gasteiger partial charge in [-0.1, -0.05) is 18.2 Å². The summed E-state index contributed by atoms with van der Waals surface area (Å²) in [6.45, 7) is 1.13. The van der Waals surface area contributed by atoms with Gasteiger partial charge in [0.1, 0.15) is 30.2 Å². The Hall–Kier alpha value is -1.84. The van der Waals surface area contributed by atoms with E-state index in [1.807, 2.05) is 0 Å². The molecule has 2 rings (SSSR count). The zero-order valence-corrected chi connectivity index (χ0v) is 12.9. The Balaban J connectivity index is 2.46. The lowest BCUT2D eigenvalue weighted by Gasteiger charge is -2.33. The first kappa shape index (κ1) is 16.5. The Labute approximate surface area is 127 Å². The largest absolute Gasteiger partial charge is 0.380 e. The van der Waals surface area contributed by atoms with Gasteiger partial charge >= 0.3 is 0 Å². The minimum Gasteiger partial charge on any atom is -0.380 e. The molecule has 1 heterocycles. The molecule has 1 aromatic heterocycles. The normalized spacial score (nSPS) is 16.2. The predicted octanol–water partition coefficient (Wildman–Crippen LogP) is 0.670. The van der Waals surface area contributed by atoms with Gasteiger partial charge in [-0.2, -0.15) is 13.5 Å². The maximum Gasteiger partial charge on any atom is 0.264 e. The fourth-order valence-corrected chi connectivity index (χ4v) is 2.83. The third-order valence-corrected chi connectivity index (χ3v) is 3.84. The van der Waals surface area contributed by atoms with Crippen LogP contribution in [0.3, 0.4) is 0 Å². The zero-order valence-electron chi connectivity index (χ0n) is 12.0. The van der Waals surface area contributed by atoms with Crippen LogP contribution in [0.25, 0.3) is 0 Å². The van der Waals surface area contributed by atoms with Crippen LogP contribution in [0.1, 0.15) is 12.5 Å². The maximum atomic E-state index is 14.1. The van der Waals surface area contributed by atoms with Gasteiger partial charge in [0.25, 0.3) is 10.1 Å². The summed E-state index contributed by atoms with van der Waals surface area (Å²) in [6, 6.07) is 5.55. The summed E-state index contributed by atoms with van der Waals surface area (Å²) in [5.41, 5.74) is -2.02. The highest BCUT2D eigenvalue weighted by Gasteiger charge is 2.41. The van der Waals surface area contributed by atoms with Crippen LogP contribution in [0.2, 0.25) is 0 Å². The van der Waals surface area contributed by atoms with Crippen LogP contribution >= 0.6 is 0 Å². The van der Waals surface area contributed by atoms with Gasteiger partial charge in [0.05, 0.1) is 12.8 Å². The Morgan fingerprint density at radius 3 is 2.68 bits per heavy atom. The Morgan fingerprint density at radius 1 is 1.45 bits per heavy atom. The first-order valence-electron chi connectivity index (χ1n) is 6.40. The van der Waals surface area contributed by atoms with Gasteiger partial charge in [-0.25, -0.2) is 14.1 Å². The first-order chi connectivity index (χ1) is 10.2. The summed E-state index contributed by atoms with van der Waals surface area (Å²) in [4.78, 5) is 3.74. The van der Waals surface area contributed by atoms with E-state index in [1.165, 1.54) is 48.5 Å². The molecule has 0 aliphatic rings. The minimum atomic E-state index is -3.83. The molecule has 9 heteroatoms. The molecule has 0 radical (unpaired) electrons. The first-order valence-corrected chi connectivity index (χ1v) is 8.22. The molecule has 7 nitrogen and oxygen atoms in total. The lowest BCUT2D eigenvalue weighted by molar-refractivity contribution is -0.0734. The van der Waals surface area contributed by atoms with Gasteiger partial charge in [0.15, 0.2) is 0 Å². The number of benzene rings is 1. The van der Waals surface area contributed by atoms with Crippen LogP contribution in [0.5, 0.6) is 0 Å². The van der Waals surface area contributed by atoms with Gasteiger partial charge in [0, 0.05) is 5.56 Å². The summed E-state index contributed by atoms with van der Waals surface area (Å²) < 4.78 is 42.9. The highest BCUT2D eigenvalue weighted by Crippen LogP contribution is 2.31. The molecule has 0 unspecified atom stereocenters. The molecule has 0 aliphatic heterocycles. The lowest BCUT2D eigenvalue weighted by atomic mass is 9.88. The minimum absolute atomic E-state index is 0.0818. The summed E-state index contributed by atoms with van der Waals surface area (Å²) in [6.07, 6.45) is 2.22. The van der Waals surface area contributed by atoms with Crippen molar-refractivity contribution in [2.45, 2.75) is 25.2 Å². The molecule has 0 fully saturated rings. The zero-order chi connectivity index (χ0) is 16.4. The van der Waals surface area contributed by atoms with Gasteiger partial charge in [-0.05, 0) is 13.0 Å². The van der Waals surface area contributed by atoms with E-state index in [1.54, 1.807) is 0 Å². The second kappa shape index (κ2) is 6.11. The molecule has 1 aromatic carbocycles. The van der Waals surface area contributed by atoms with Crippen molar-refractivity contribution >= 4 is 10.1 Å². The number of nitrogens with zero attached hydrogens (tertiary/aromatic N) is 3. The van der Waals surface area contributed by atoms with E-state index in [9.17, 15) is 17.9 Å². The molecular formula is C13H16FN3O4S. The van der Waals surface area contributed by atoms with Crippen LogP contribution in [0.4, 0.5) is 4.39 Å². The highest BCUT2D eigenvalue weighted by atomic mass is 32.2.